The molecule has 0 atom stereocenters. The zero-order valence-electron chi connectivity index (χ0n) is 14.0. The predicted molar refractivity (Wildman–Crippen MR) is 89.6 cm³/mol. The maximum atomic E-state index is 13.0. The fraction of sp³-hybridized carbons (Fsp3) is 0.438. The molecule has 1 aliphatic heterocycles. The molecule has 1 aliphatic rings. The smallest absolute Gasteiger partial charge is 0.246 e. The van der Waals surface area contributed by atoms with Crippen LogP contribution in [0.3, 0.4) is 0 Å². The van der Waals surface area contributed by atoms with Crippen molar-refractivity contribution in [2.45, 2.75) is 18.7 Å². The molecule has 1 aromatic heterocycles. The molecule has 0 spiro atoms. The van der Waals surface area contributed by atoms with Crippen molar-refractivity contribution in [3.63, 3.8) is 0 Å². The normalized spacial score (nSPS) is 16.3. The summed E-state index contributed by atoms with van der Waals surface area (Å²) in [4.78, 5) is 0.171. The SMILES string of the molecule is COc1ccc(-c2c(C)noc2C)cc1S(=O)(=O)N1CCNCC1. The number of hydrogen-bond donors (Lipinski definition) is 1. The van der Waals surface area contributed by atoms with E-state index in [4.69, 9.17) is 9.26 Å². The maximum Gasteiger partial charge on any atom is 0.246 e. The molecule has 0 amide bonds. The van der Waals surface area contributed by atoms with Gasteiger partial charge in [-0.2, -0.15) is 4.31 Å². The molecule has 1 aromatic carbocycles. The van der Waals surface area contributed by atoms with Gasteiger partial charge >= 0.3 is 0 Å². The van der Waals surface area contributed by atoms with Crippen molar-refractivity contribution in [1.29, 1.82) is 0 Å². The van der Waals surface area contributed by atoms with E-state index in [9.17, 15) is 8.42 Å². The summed E-state index contributed by atoms with van der Waals surface area (Å²) in [6.07, 6.45) is 0. The van der Waals surface area contributed by atoms with Crippen LogP contribution in [0.1, 0.15) is 11.5 Å². The number of hydrogen-bond acceptors (Lipinski definition) is 6. The van der Waals surface area contributed by atoms with Crippen LogP contribution in [0.15, 0.2) is 27.6 Å². The minimum Gasteiger partial charge on any atom is -0.495 e. The second kappa shape index (κ2) is 6.54. The topological polar surface area (TPSA) is 84.7 Å². The van der Waals surface area contributed by atoms with Crippen LogP contribution in [0, 0.1) is 13.8 Å². The first-order valence-corrected chi connectivity index (χ1v) is 9.21. The Morgan fingerprint density at radius 3 is 2.54 bits per heavy atom. The minimum atomic E-state index is -3.63. The molecular formula is C16H21N3O4S. The molecule has 130 valence electrons. The van der Waals surface area contributed by atoms with Gasteiger partial charge in [0.05, 0.1) is 12.8 Å². The van der Waals surface area contributed by atoms with E-state index < -0.39 is 10.0 Å². The average Bonchev–Trinajstić information content (AvgIpc) is 2.93. The van der Waals surface area contributed by atoms with Gasteiger partial charge in [-0.3, -0.25) is 0 Å². The third-order valence-electron chi connectivity index (χ3n) is 4.18. The molecule has 0 saturated carbocycles. The van der Waals surface area contributed by atoms with Gasteiger partial charge in [-0.25, -0.2) is 8.42 Å². The highest BCUT2D eigenvalue weighted by molar-refractivity contribution is 7.89. The zero-order chi connectivity index (χ0) is 17.3. The van der Waals surface area contributed by atoms with E-state index in [1.165, 1.54) is 11.4 Å². The van der Waals surface area contributed by atoms with E-state index in [2.05, 4.69) is 10.5 Å². The first kappa shape index (κ1) is 16.9. The maximum absolute atomic E-state index is 13.0. The molecule has 24 heavy (non-hydrogen) atoms. The van der Waals surface area contributed by atoms with Gasteiger partial charge in [0.15, 0.2) is 0 Å². The summed E-state index contributed by atoms with van der Waals surface area (Å²) in [6.45, 7) is 5.82. The Morgan fingerprint density at radius 2 is 1.96 bits per heavy atom. The lowest BCUT2D eigenvalue weighted by atomic mass is 10.0. The molecule has 1 fully saturated rings. The number of nitrogens with one attached hydrogen (secondary N) is 1. The number of piperazine rings is 1. The summed E-state index contributed by atoms with van der Waals surface area (Å²) in [5.74, 6) is 0.993. The summed E-state index contributed by atoms with van der Waals surface area (Å²) in [6, 6.07) is 5.14. The number of rotatable bonds is 4. The summed E-state index contributed by atoms with van der Waals surface area (Å²) >= 11 is 0. The van der Waals surface area contributed by atoms with Gasteiger partial charge in [-0.1, -0.05) is 11.2 Å². The number of aryl methyl sites for hydroxylation is 2. The van der Waals surface area contributed by atoms with Gasteiger partial charge in [0.2, 0.25) is 10.0 Å². The lowest BCUT2D eigenvalue weighted by molar-refractivity contribution is 0.355. The molecule has 1 saturated heterocycles. The number of nitrogens with zero attached hydrogens (tertiary/aromatic N) is 2. The summed E-state index contributed by atoms with van der Waals surface area (Å²) in [5.41, 5.74) is 2.29. The molecule has 0 bridgehead atoms. The lowest BCUT2D eigenvalue weighted by Crippen LogP contribution is -2.46. The second-order valence-corrected chi connectivity index (χ2v) is 7.63. The van der Waals surface area contributed by atoms with Gasteiger partial charge < -0.3 is 14.6 Å². The molecule has 1 N–H and O–H groups in total. The first-order chi connectivity index (χ1) is 11.4. The van der Waals surface area contributed by atoms with Crippen LogP contribution in [-0.2, 0) is 10.0 Å². The monoisotopic (exact) mass is 351 g/mol. The Labute approximate surface area is 141 Å². The fourth-order valence-electron chi connectivity index (χ4n) is 2.95. The van der Waals surface area contributed by atoms with Crippen molar-refractivity contribution in [1.82, 2.24) is 14.8 Å². The number of benzene rings is 1. The van der Waals surface area contributed by atoms with Crippen molar-refractivity contribution >= 4 is 10.0 Å². The molecular weight excluding hydrogens is 330 g/mol. The van der Waals surface area contributed by atoms with Crippen LogP contribution in [0.2, 0.25) is 0 Å². The van der Waals surface area contributed by atoms with Crippen LogP contribution in [0.5, 0.6) is 5.75 Å². The summed E-state index contributed by atoms with van der Waals surface area (Å²) < 4.78 is 38.1. The Kier molecular flexibility index (Phi) is 4.62. The van der Waals surface area contributed by atoms with Crippen molar-refractivity contribution in [3.8, 4) is 16.9 Å². The molecule has 8 heteroatoms. The van der Waals surface area contributed by atoms with Crippen LogP contribution >= 0.6 is 0 Å². The fourth-order valence-corrected chi connectivity index (χ4v) is 4.58. The Hall–Kier alpha value is -1.90. The van der Waals surface area contributed by atoms with E-state index in [0.29, 0.717) is 37.7 Å². The van der Waals surface area contributed by atoms with Gasteiger partial charge in [-0.05, 0) is 31.5 Å². The minimum absolute atomic E-state index is 0.171. The van der Waals surface area contributed by atoms with Crippen LogP contribution < -0.4 is 10.1 Å². The van der Waals surface area contributed by atoms with Gasteiger partial charge in [0.1, 0.15) is 16.4 Å². The highest BCUT2D eigenvalue weighted by Gasteiger charge is 2.29. The number of ether oxygens (including phenoxy) is 1. The molecule has 0 aliphatic carbocycles. The molecule has 3 rings (SSSR count). The van der Waals surface area contributed by atoms with Crippen LogP contribution in [0.25, 0.3) is 11.1 Å². The van der Waals surface area contributed by atoms with E-state index in [1.807, 2.05) is 19.9 Å². The molecule has 7 nitrogen and oxygen atoms in total. The van der Waals surface area contributed by atoms with Gasteiger partial charge in [0, 0.05) is 31.7 Å². The first-order valence-electron chi connectivity index (χ1n) is 7.77. The molecule has 0 radical (unpaired) electrons. The highest BCUT2D eigenvalue weighted by atomic mass is 32.2. The lowest BCUT2D eigenvalue weighted by Gasteiger charge is -2.27. The van der Waals surface area contributed by atoms with Crippen LogP contribution in [-0.4, -0.2) is 51.2 Å². The Bertz CT molecular complexity index is 820. The molecule has 2 aromatic rings. The van der Waals surface area contributed by atoms with Gasteiger partial charge in [0.25, 0.3) is 0 Å². The largest absolute Gasteiger partial charge is 0.495 e. The summed E-state index contributed by atoms with van der Waals surface area (Å²) in [7, 11) is -2.15. The van der Waals surface area contributed by atoms with E-state index in [0.717, 1.165) is 16.8 Å². The van der Waals surface area contributed by atoms with Crippen LogP contribution in [0.4, 0.5) is 0 Å². The van der Waals surface area contributed by atoms with E-state index in [1.54, 1.807) is 12.1 Å². The third kappa shape index (κ3) is 2.92. The summed E-state index contributed by atoms with van der Waals surface area (Å²) in [5, 5.41) is 7.10. The number of methoxy groups -OCH3 is 1. The predicted octanol–water partition coefficient (Wildman–Crippen LogP) is 1.56. The van der Waals surface area contributed by atoms with E-state index in [-0.39, 0.29) is 4.90 Å². The third-order valence-corrected chi connectivity index (χ3v) is 6.10. The quantitative estimate of drug-likeness (QED) is 0.900. The van der Waals surface area contributed by atoms with Crippen molar-refractivity contribution in [2.24, 2.45) is 0 Å². The van der Waals surface area contributed by atoms with Crippen molar-refractivity contribution in [3.05, 3.63) is 29.7 Å². The van der Waals surface area contributed by atoms with Crippen molar-refractivity contribution in [2.75, 3.05) is 33.3 Å². The van der Waals surface area contributed by atoms with Gasteiger partial charge in [-0.15, -0.1) is 0 Å². The Morgan fingerprint density at radius 1 is 1.25 bits per heavy atom. The zero-order valence-corrected chi connectivity index (χ0v) is 14.8. The molecule has 2 heterocycles. The van der Waals surface area contributed by atoms with Crippen molar-refractivity contribution < 1.29 is 17.7 Å². The highest BCUT2D eigenvalue weighted by Crippen LogP contribution is 2.34. The van der Waals surface area contributed by atoms with E-state index >= 15 is 0 Å². The standard InChI is InChI=1S/C16H21N3O4S/c1-11-16(12(2)23-18-11)13-4-5-14(22-3)15(10-13)24(20,21)19-8-6-17-7-9-19/h4-5,10,17H,6-9H2,1-3H3. The second-order valence-electron chi connectivity index (χ2n) is 5.72. The average molecular weight is 351 g/mol. The number of aromatic nitrogens is 1. The number of sulfonamides is 1. The molecule has 0 unspecified atom stereocenters. The Balaban J connectivity index is 2.11.